The van der Waals surface area contributed by atoms with Gasteiger partial charge in [0.05, 0.1) is 0 Å². The molecular formula is C13H15BrClF. The van der Waals surface area contributed by atoms with E-state index in [9.17, 15) is 4.39 Å². The van der Waals surface area contributed by atoms with Gasteiger partial charge in [0, 0.05) is 9.85 Å². The molecule has 1 fully saturated rings. The van der Waals surface area contributed by atoms with Crippen LogP contribution in [0.15, 0.2) is 22.7 Å². The number of hydrogen-bond acceptors (Lipinski definition) is 0. The molecule has 0 aliphatic heterocycles. The van der Waals surface area contributed by atoms with Crippen molar-refractivity contribution in [1.82, 2.24) is 0 Å². The Bertz CT molecular complexity index is 380. The average molecular weight is 306 g/mol. The van der Waals surface area contributed by atoms with Crippen molar-refractivity contribution in [2.45, 2.75) is 31.6 Å². The Hall–Kier alpha value is -0.0800. The van der Waals surface area contributed by atoms with E-state index in [-0.39, 0.29) is 11.2 Å². The van der Waals surface area contributed by atoms with Crippen LogP contribution in [-0.2, 0) is 6.42 Å². The summed E-state index contributed by atoms with van der Waals surface area (Å²) in [6, 6.07) is 4.89. The zero-order valence-corrected chi connectivity index (χ0v) is 11.6. The van der Waals surface area contributed by atoms with Crippen LogP contribution >= 0.6 is 27.5 Å². The van der Waals surface area contributed by atoms with Crippen LogP contribution in [0, 0.1) is 17.7 Å². The van der Waals surface area contributed by atoms with Crippen LogP contribution in [-0.4, -0.2) is 5.38 Å². The van der Waals surface area contributed by atoms with Crippen molar-refractivity contribution in [2.24, 2.45) is 11.8 Å². The summed E-state index contributed by atoms with van der Waals surface area (Å²) in [7, 11) is 0. The van der Waals surface area contributed by atoms with E-state index < -0.39 is 0 Å². The highest BCUT2D eigenvalue weighted by Gasteiger charge is 2.31. The molecular weight excluding hydrogens is 290 g/mol. The molecule has 3 unspecified atom stereocenters. The maximum Gasteiger partial charge on any atom is 0.123 e. The summed E-state index contributed by atoms with van der Waals surface area (Å²) in [5.41, 5.74) is 1.06. The first-order chi connectivity index (χ1) is 7.58. The van der Waals surface area contributed by atoms with E-state index >= 15 is 0 Å². The van der Waals surface area contributed by atoms with E-state index in [0.717, 1.165) is 29.3 Å². The second-order valence-electron chi connectivity index (χ2n) is 4.65. The van der Waals surface area contributed by atoms with Gasteiger partial charge in [0.1, 0.15) is 5.82 Å². The van der Waals surface area contributed by atoms with Gasteiger partial charge in [0.2, 0.25) is 0 Å². The topological polar surface area (TPSA) is 0 Å². The molecule has 3 heteroatoms. The van der Waals surface area contributed by atoms with E-state index in [2.05, 4.69) is 22.9 Å². The molecule has 0 aromatic heterocycles. The quantitative estimate of drug-likeness (QED) is 0.690. The van der Waals surface area contributed by atoms with Gasteiger partial charge in [0.25, 0.3) is 0 Å². The van der Waals surface area contributed by atoms with Crippen molar-refractivity contribution in [3.05, 3.63) is 34.1 Å². The molecule has 0 nitrogen and oxygen atoms in total. The van der Waals surface area contributed by atoms with Crippen molar-refractivity contribution in [1.29, 1.82) is 0 Å². The third-order valence-electron chi connectivity index (χ3n) is 3.62. The fourth-order valence-electron chi connectivity index (χ4n) is 2.46. The highest BCUT2D eigenvalue weighted by atomic mass is 79.9. The molecule has 0 heterocycles. The molecule has 0 radical (unpaired) electrons. The molecule has 0 amide bonds. The van der Waals surface area contributed by atoms with Crippen molar-refractivity contribution in [2.75, 3.05) is 0 Å². The van der Waals surface area contributed by atoms with Gasteiger partial charge >= 0.3 is 0 Å². The molecule has 1 aromatic rings. The zero-order chi connectivity index (χ0) is 11.7. The summed E-state index contributed by atoms with van der Waals surface area (Å²) in [5.74, 6) is 0.948. The van der Waals surface area contributed by atoms with Crippen LogP contribution in [0.25, 0.3) is 0 Å². The van der Waals surface area contributed by atoms with Crippen molar-refractivity contribution in [3.8, 4) is 0 Å². The summed E-state index contributed by atoms with van der Waals surface area (Å²) in [4.78, 5) is 0. The zero-order valence-electron chi connectivity index (χ0n) is 9.22. The van der Waals surface area contributed by atoms with Crippen molar-refractivity contribution < 1.29 is 4.39 Å². The predicted molar refractivity (Wildman–Crippen MR) is 69.3 cm³/mol. The first kappa shape index (κ1) is 12.4. The summed E-state index contributed by atoms with van der Waals surface area (Å²) < 4.78 is 14.1. The SMILES string of the molecule is CC1C(Cl)CCC1Cc1cc(F)ccc1Br. The minimum atomic E-state index is -0.161. The first-order valence-electron chi connectivity index (χ1n) is 5.66. The van der Waals surface area contributed by atoms with Gasteiger partial charge in [-0.3, -0.25) is 0 Å². The van der Waals surface area contributed by atoms with Gasteiger partial charge in [0.15, 0.2) is 0 Å². The summed E-state index contributed by atoms with van der Waals surface area (Å²) in [6.45, 7) is 2.20. The fraction of sp³-hybridized carbons (Fsp3) is 0.538. The first-order valence-corrected chi connectivity index (χ1v) is 6.89. The average Bonchev–Trinajstić information content (AvgIpc) is 2.55. The number of rotatable bonds is 2. The Balaban J connectivity index is 2.12. The Morgan fingerprint density at radius 3 is 2.81 bits per heavy atom. The van der Waals surface area contributed by atoms with E-state index in [1.165, 1.54) is 6.07 Å². The van der Waals surface area contributed by atoms with Gasteiger partial charge in [-0.25, -0.2) is 4.39 Å². The summed E-state index contributed by atoms with van der Waals surface area (Å²) >= 11 is 9.68. The lowest BCUT2D eigenvalue weighted by atomic mass is 9.91. The van der Waals surface area contributed by atoms with Gasteiger partial charge in [-0.2, -0.15) is 0 Å². The molecule has 1 aliphatic carbocycles. The van der Waals surface area contributed by atoms with Crippen molar-refractivity contribution in [3.63, 3.8) is 0 Å². The maximum atomic E-state index is 13.1. The Morgan fingerprint density at radius 1 is 1.44 bits per heavy atom. The molecule has 1 saturated carbocycles. The predicted octanol–water partition coefficient (Wildman–Crippen LogP) is 4.78. The minimum absolute atomic E-state index is 0.161. The monoisotopic (exact) mass is 304 g/mol. The van der Waals surface area contributed by atoms with E-state index in [4.69, 9.17) is 11.6 Å². The summed E-state index contributed by atoms with van der Waals surface area (Å²) in [6.07, 6.45) is 3.15. The molecule has 1 aliphatic rings. The molecule has 0 N–H and O–H groups in total. The number of benzene rings is 1. The third kappa shape index (κ3) is 2.60. The third-order valence-corrected chi connectivity index (χ3v) is 5.01. The van der Waals surface area contributed by atoms with Crippen LogP contribution in [0.5, 0.6) is 0 Å². The molecule has 88 valence electrons. The second-order valence-corrected chi connectivity index (χ2v) is 6.07. The smallest absolute Gasteiger partial charge is 0.123 e. The second kappa shape index (κ2) is 5.05. The molecule has 0 bridgehead atoms. The normalized spacial score (nSPS) is 29.6. The number of hydrogen-bond donors (Lipinski definition) is 0. The minimum Gasteiger partial charge on any atom is -0.207 e. The van der Waals surface area contributed by atoms with E-state index in [1.54, 1.807) is 12.1 Å². The van der Waals surface area contributed by atoms with Gasteiger partial charge < -0.3 is 0 Å². The lowest BCUT2D eigenvalue weighted by Crippen LogP contribution is -2.13. The van der Waals surface area contributed by atoms with Gasteiger partial charge in [-0.1, -0.05) is 22.9 Å². The molecule has 2 rings (SSSR count). The van der Waals surface area contributed by atoms with E-state index in [1.807, 2.05) is 0 Å². The Kier molecular flexibility index (Phi) is 3.91. The van der Waals surface area contributed by atoms with Crippen LogP contribution in [0.1, 0.15) is 25.3 Å². The van der Waals surface area contributed by atoms with Crippen LogP contribution in [0.3, 0.4) is 0 Å². The highest BCUT2D eigenvalue weighted by molar-refractivity contribution is 9.10. The molecule has 16 heavy (non-hydrogen) atoms. The highest BCUT2D eigenvalue weighted by Crippen LogP contribution is 2.38. The molecule has 0 spiro atoms. The fourth-order valence-corrected chi connectivity index (χ4v) is 3.20. The van der Waals surface area contributed by atoms with Crippen LogP contribution < -0.4 is 0 Å². The van der Waals surface area contributed by atoms with Crippen LogP contribution in [0.4, 0.5) is 4.39 Å². The van der Waals surface area contributed by atoms with Gasteiger partial charge in [-0.15, -0.1) is 11.6 Å². The maximum absolute atomic E-state index is 13.1. The van der Waals surface area contributed by atoms with Gasteiger partial charge in [-0.05, 0) is 54.9 Å². The molecule has 3 atom stereocenters. The van der Waals surface area contributed by atoms with Crippen LogP contribution in [0.2, 0.25) is 0 Å². The summed E-state index contributed by atoms with van der Waals surface area (Å²) in [5, 5.41) is 0.289. The van der Waals surface area contributed by atoms with Crippen molar-refractivity contribution >= 4 is 27.5 Å². The lowest BCUT2D eigenvalue weighted by Gasteiger charge is -2.17. The number of halogens is 3. The van der Waals surface area contributed by atoms with E-state index in [0.29, 0.717) is 11.8 Å². The Labute approximate surface area is 109 Å². The standard InChI is InChI=1S/C13H15BrClF/c1-8-9(2-5-13(8)15)6-10-7-11(16)3-4-12(10)14/h3-4,7-9,13H,2,5-6H2,1H3. The molecule has 1 aromatic carbocycles. The largest absolute Gasteiger partial charge is 0.207 e. The molecule has 0 saturated heterocycles. The lowest BCUT2D eigenvalue weighted by molar-refractivity contribution is 0.418. The number of alkyl halides is 1. The Morgan fingerprint density at radius 2 is 2.19 bits per heavy atom.